The summed E-state index contributed by atoms with van der Waals surface area (Å²) in [4.78, 5) is 6.48. The van der Waals surface area contributed by atoms with Gasteiger partial charge in [-0.1, -0.05) is 13.3 Å². The Balaban J connectivity index is 2.57. The second-order valence-electron chi connectivity index (χ2n) is 3.49. The van der Waals surface area contributed by atoms with Crippen molar-refractivity contribution < 1.29 is 0 Å². The lowest BCUT2D eigenvalue weighted by Crippen LogP contribution is -2.18. The highest BCUT2D eigenvalue weighted by molar-refractivity contribution is 5.43. The van der Waals surface area contributed by atoms with Gasteiger partial charge < -0.3 is 10.6 Å². The zero-order chi connectivity index (χ0) is 10.4. The van der Waals surface area contributed by atoms with Crippen molar-refractivity contribution in [3.8, 4) is 0 Å². The lowest BCUT2D eigenvalue weighted by Gasteiger charge is -2.18. The topological polar surface area (TPSA) is 42.1 Å². The largest absolute Gasteiger partial charge is 0.373 e. The first-order valence-corrected chi connectivity index (χ1v) is 5.14. The third-order valence-corrected chi connectivity index (χ3v) is 2.31. The standard InChI is InChI=1S/C11H19N3/c1-3-4-7-14(2)11-6-5-10(8-12)13-9-11/h5-6,9H,3-4,7-8,12H2,1-2H3. The van der Waals surface area contributed by atoms with Gasteiger partial charge in [0.1, 0.15) is 0 Å². The fourth-order valence-corrected chi connectivity index (χ4v) is 1.29. The molecule has 0 radical (unpaired) electrons. The van der Waals surface area contributed by atoms with Crippen LogP contribution >= 0.6 is 0 Å². The zero-order valence-electron chi connectivity index (χ0n) is 9.03. The van der Waals surface area contributed by atoms with Crippen molar-refractivity contribution in [2.75, 3.05) is 18.5 Å². The maximum atomic E-state index is 5.48. The number of unbranched alkanes of at least 4 members (excludes halogenated alkanes) is 1. The Kier molecular flexibility index (Phi) is 4.40. The first-order chi connectivity index (χ1) is 6.77. The van der Waals surface area contributed by atoms with Crippen LogP contribution in [0.3, 0.4) is 0 Å². The third-order valence-electron chi connectivity index (χ3n) is 2.31. The second kappa shape index (κ2) is 5.60. The highest BCUT2D eigenvalue weighted by Gasteiger charge is 1.99. The SMILES string of the molecule is CCCCN(C)c1ccc(CN)nc1. The summed E-state index contributed by atoms with van der Waals surface area (Å²) in [6.07, 6.45) is 4.33. The fraction of sp³-hybridized carbons (Fsp3) is 0.545. The van der Waals surface area contributed by atoms with E-state index in [4.69, 9.17) is 5.73 Å². The van der Waals surface area contributed by atoms with Gasteiger partial charge in [-0.2, -0.15) is 0 Å². The van der Waals surface area contributed by atoms with Crippen LogP contribution in [0, 0.1) is 0 Å². The minimum Gasteiger partial charge on any atom is -0.373 e. The number of nitrogens with zero attached hydrogens (tertiary/aromatic N) is 2. The number of hydrogen-bond donors (Lipinski definition) is 1. The molecule has 0 aliphatic rings. The normalized spacial score (nSPS) is 10.2. The maximum absolute atomic E-state index is 5.48. The van der Waals surface area contributed by atoms with Crippen LogP contribution in [-0.4, -0.2) is 18.6 Å². The predicted octanol–water partition coefficient (Wildman–Crippen LogP) is 1.78. The van der Waals surface area contributed by atoms with Gasteiger partial charge in [-0.3, -0.25) is 4.98 Å². The van der Waals surface area contributed by atoms with Gasteiger partial charge in [0.15, 0.2) is 0 Å². The average Bonchev–Trinajstić information content (AvgIpc) is 2.26. The molecule has 78 valence electrons. The third kappa shape index (κ3) is 3.00. The van der Waals surface area contributed by atoms with Gasteiger partial charge in [0.25, 0.3) is 0 Å². The maximum Gasteiger partial charge on any atom is 0.0550 e. The Morgan fingerprint density at radius 1 is 1.43 bits per heavy atom. The highest BCUT2D eigenvalue weighted by atomic mass is 15.1. The van der Waals surface area contributed by atoms with Gasteiger partial charge in [-0.05, 0) is 18.6 Å². The summed E-state index contributed by atoms with van der Waals surface area (Å²) in [7, 11) is 2.09. The van der Waals surface area contributed by atoms with Gasteiger partial charge >= 0.3 is 0 Å². The van der Waals surface area contributed by atoms with Crippen LogP contribution in [0.5, 0.6) is 0 Å². The van der Waals surface area contributed by atoms with Crippen LogP contribution in [0.15, 0.2) is 18.3 Å². The molecule has 14 heavy (non-hydrogen) atoms. The molecule has 0 aliphatic heterocycles. The summed E-state index contributed by atoms with van der Waals surface area (Å²) >= 11 is 0. The molecule has 0 atom stereocenters. The van der Waals surface area contributed by atoms with Gasteiger partial charge in [0.2, 0.25) is 0 Å². The minimum atomic E-state index is 0.513. The molecule has 1 aromatic heterocycles. The molecule has 1 heterocycles. The molecule has 0 saturated carbocycles. The second-order valence-corrected chi connectivity index (χ2v) is 3.49. The Bertz CT molecular complexity index is 256. The molecule has 1 aromatic rings. The van der Waals surface area contributed by atoms with E-state index in [-0.39, 0.29) is 0 Å². The molecule has 0 unspecified atom stereocenters. The van der Waals surface area contributed by atoms with E-state index in [2.05, 4.69) is 29.9 Å². The van der Waals surface area contributed by atoms with Gasteiger partial charge in [0.05, 0.1) is 17.6 Å². The van der Waals surface area contributed by atoms with Crippen LogP contribution in [0.4, 0.5) is 5.69 Å². The Hall–Kier alpha value is -1.09. The summed E-state index contributed by atoms with van der Waals surface area (Å²) in [5.41, 5.74) is 7.58. The van der Waals surface area contributed by atoms with Crippen LogP contribution < -0.4 is 10.6 Å². The van der Waals surface area contributed by atoms with Gasteiger partial charge in [-0.15, -0.1) is 0 Å². The van der Waals surface area contributed by atoms with E-state index in [1.54, 1.807) is 0 Å². The first kappa shape index (κ1) is 11.0. The van der Waals surface area contributed by atoms with Crippen molar-refractivity contribution in [1.82, 2.24) is 4.98 Å². The van der Waals surface area contributed by atoms with Crippen molar-refractivity contribution in [3.05, 3.63) is 24.0 Å². The van der Waals surface area contributed by atoms with E-state index in [0.29, 0.717) is 6.54 Å². The Labute approximate surface area is 85.9 Å². The first-order valence-electron chi connectivity index (χ1n) is 5.14. The predicted molar refractivity (Wildman–Crippen MR) is 60.3 cm³/mol. The van der Waals surface area contributed by atoms with E-state index in [1.165, 1.54) is 12.8 Å². The summed E-state index contributed by atoms with van der Waals surface area (Å²) < 4.78 is 0. The summed E-state index contributed by atoms with van der Waals surface area (Å²) in [6.45, 7) is 3.79. The van der Waals surface area contributed by atoms with E-state index >= 15 is 0 Å². The molecule has 3 heteroatoms. The van der Waals surface area contributed by atoms with E-state index < -0.39 is 0 Å². The van der Waals surface area contributed by atoms with Crippen molar-refractivity contribution in [3.63, 3.8) is 0 Å². The minimum absolute atomic E-state index is 0.513. The lowest BCUT2D eigenvalue weighted by atomic mass is 10.3. The molecular weight excluding hydrogens is 174 g/mol. The monoisotopic (exact) mass is 193 g/mol. The van der Waals surface area contributed by atoms with Crippen molar-refractivity contribution in [1.29, 1.82) is 0 Å². The molecule has 0 aliphatic carbocycles. The molecule has 0 saturated heterocycles. The summed E-state index contributed by atoms with van der Waals surface area (Å²) in [5.74, 6) is 0. The number of anilines is 1. The quantitative estimate of drug-likeness (QED) is 0.775. The summed E-state index contributed by atoms with van der Waals surface area (Å²) in [5, 5.41) is 0. The lowest BCUT2D eigenvalue weighted by molar-refractivity contribution is 0.765. The van der Waals surface area contributed by atoms with Crippen LogP contribution in [0.1, 0.15) is 25.5 Å². The molecule has 2 N–H and O–H groups in total. The molecular formula is C11H19N3. The molecule has 0 fully saturated rings. The van der Waals surface area contributed by atoms with E-state index in [1.807, 2.05) is 12.3 Å². The zero-order valence-corrected chi connectivity index (χ0v) is 9.03. The van der Waals surface area contributed by atoms with Crippen LogP contribution in [0.25, 0.3) is 0 Å². The number of rotatable bonds is 5. The average molecular weight is 193 g/mol. The van der Waals surface area contributed by atoms with E-state index in [0.717, 1.165) is 17.9 Å². The van der Waals surface area contributed by atoms with Crippen molar-refractivity contribution in [2.45, 2.75) is 26.3 Å². The molecule has 0 bridgehead atoms. The number of pyridine rings is 1. The van der Waals surface area contributed by atoms with Gasteiger partial charge in [0, 0.05) is 20.1 Å². The Morgan fingerprint density at radius 3 is 2.71 bits per heavy atom. The number of aromatic nitrogens is 1. The molecule has 0 amide bonds. The fourth-order valence-electron chi connectivity index (χ4n) is 1.29. The van der Waals surface area contributed by atoms with Crippen LogP contribution in [0.2, 0.25) is 0 Å². The number of hydrogen-bond acceptors (Lipinski definition) is 3. The molecule has 0 aromatic carbocycles. The Morgan fingerprint density at radius 2 is 2.21 bits per heavy atom. The van der Waals surface area contributed by atoms with Crippen molar-refractivity contribution in [2.24, 2.45) is 5.73 Å². The molecule has 0 spiro atoms. The number of nitrogens with two attached hydrogens (primary N) is 1. The highest BCUT2D eigenvalue weighted by Crippen LogP contribution is 2.11. The molecule has 3 nitrogen and oxygen atoms in total. The van der Waals surface area contributed by atoms with Crippen LogP contribution in [-0.2, 0) is 6.54 Å². The van der Waals surface area contributed by atoms with Gasteiger partial charge in [-0.25, -0.2) is 0 Å². The molecule has 1 rings (SSSR count). The smallest absolute Gasteiger partial charge is 0.0550 e. The van der Waals surface area contributed by atoms with E-state index in [9.17, 15) is 0 Å². The summed E-state index contributed by atoms with van der Waals surface area (Å²) in [6, 6.07) is 4.06. The van der Waals surface area contributed by atoms with Crippen molar-refractivity contribution >= 4 is 5.69 Å².